The van der Waals surface area contributed by atoms with E-state index < -0.39 is 12.2 Å². The van der Waals surface area contributed by atoms with Crippen molar-refractivity contribution in [2.45, 2.75) is 77.0 Å². The lowest BCUT2D eigenvalue weighted by atomic mass is 9.68. The summed E-state index contributed by atoms with van der Waals surface area (Å²) in [5.74, 6) is 0.473. The number of nitriles is 1. The molecule has 6 heteroatoms. The van der Waals surface area contributed by atoms with E-state index >= 15 is 0 Å². The lowest BCUT2D eigenvalue weighted by Crippen LogP contribution is -2.57. The van der Waals surface area contributed by atoms with Crippen molar-refractivity contribution in [1.82, 2.24) is 15.1 Å². The number of hydrogen-bond acceptors (Lipinski definition) is 4. The fourth-order valence-corrected chi connectivity index (χ4v) is 5.69. The number of amides is 1. The Bertz CT molecular complexity index is 583. The Morgan fingerprint density at radius 2 is 2.04 bits per heavy atom. The molecule has 1 N–H and O–H groups in total. The maximum absolute atomic E-state index is 13.7. The molecule has 3 fully saturated rings. The SMILES string of the molecule is CCC1(NCC(=O)N2CC(F)CC2C#N)CCC(CN2CCCC2)C1(C)C. The molecule has 0 radical (unpaired) electrons. The van der Waals surface area contributed by atoms with Gasteiger partial charge in [0.2, 0.25) is 5.91 Å². The molecule has 0 aromatic heterocycles. The predicted octanol–water partition coefficient (Wildman–Crippen LogP) is 2.72. The van der Waals surface area contributed by atoms with E-state index in [0.717, 1.165) is 19.4 Å². The number of rotatable bonds is 6. The van der Waals surface area contributed by atoms with Crippen LogP contribution in [0.4, 0.5) is 4.39 Å². The fraction of sp³-hybridized carbons (Fsp3) is 0.905. The fourth-order valence-electron chi connectivity index (χ4n) is 5.69. The summed E-state index contributed by atoms with van der Waals surface area (Å²) in [6.45, 7) is 10.7. The topological polar surface area (TPSA) is 59.4 Å². The molecular weight excluding hydrogens is 343 g/mol. The average molecular weight is 379 g/mol. The van der Waals surface area contributed by atoms with Gasteiger partial charge < -0.3 is 15.1 Å². The Hall–Kier alpha value is -1.19. The molecule has 2 heterocycles. The van der Waals surface area contributed by atoms with Gasteiger partial charge in [-0.1, -0.05) is 20.8 Å². The molecule has 0 aromatic carbocycles. The molecule has 27 heavy (non-hydrogen) atoms. The molecule has 0 aromatic rings. The molecule has 2 saturated heterocycles. The number of carbonyl (C=O) groups excluding carboxylic acids is 1. The molecule has 3 aliphatic rings. The van der Waals surface area contributed by atoms with E-state index in [-0.39, 0.29) is 36.4 Å². The summed E-state index contributed by atoms with van der Waals surface area (Å²) in [5, 5.41) is 12.8. The van der Waals surface area contributed by atoms with E-state index in [4.69, 9.17) is 0 Å². The first-order valence-corrected chi connectivity index (χ1v) is 10.6. The summed E-state index contributed by atoms with van der Waals surface area (Å²) in [5.41, 5.74) is 0.0108. The number of hydrogen-bond donors (Lipinski definition) is 1. The minimum absolute atomic E-state index is 0.0544. The Balaban J connectivity index is 1.63. The monoisotopic (exact) mass is 378 g/mol. The van der Waals surface area contributed by atoms with Gasteiger partial charge in [0.05, 0.1) is 19.2 Å². The molecule has 1 amide bonds. The van der Waals surface area contributed by atoms with Gasteiger partial charge in [-0.05, 0) is 56.5 Å². The highest BCUT2D eigenvalue weighted by molar-refractivity contribution is 5.79. The Kier molecular flexibility index (Phi) is 6.12. The van der Waals surface area contributed by atoms with Crippen molar-refractivity contribution in [2.24, 2.45) is 11.3 Å². The first kappa shape index (κ1) is 20.5. The van der Waals surface area contributed by atoms with E-state index in [1.54, 1.807) is 0 Å². The summed E-state index contributed by atoms with van der Waals surface area (Å²) in [4.78, 5) is 16.7. The second kappa shape index (κ2) is 8.05. The van der Waals surface area contributed by atoms with Gasteiger partial charge in [0, 0.05) is 18.5 Å². The third-order valence-electron chi connectivity index (χ3n) is 7.75. The molecule has 5 nitrogen and oxygen atoms in total. The van der Waals surface area contributed by atoms with Crippen molar-refractivity contribution in [3.63, 3.8) is 0 Å². The van der Waals surface area contributed by atoms with Crippen LogP contribution in [0.15, 0.2) is 0 Å². The lowest BCUT2D eigenvalue weighted by Gasteiger charge is -2.45. The zero-order valence-corrected chi connectivity index (χ0v) is 17.1. The molecule has 4 atom stereocenters. The Labute approximate surface area is 163 Å². The van der Waals surface area contributed by atoms with Crippen LogP contribution in [0, 0.1) is 22.7 Å². The molecule has 1 saturated carbocycles. The highest BCUT2D eigenvalue weighted by Gasteiger charge is 2.53. The third kappa shape index (κ3) is 3.86. The molecule has 4 unspecified atom stereocenters. The lowest BCUT2D eigenvalue weighted by molar-refractivity contribution is -0.131. The van der Waals surface area contributed by atoms with Crippen LogP contribution < -0.4 is 5.32 Å². The van der Waals surface area contributed by atoms with Crippen LogP contribution in [0.3, 0.4) is 0 Å². The van der Waals surface area contributed by atoms with E-state index in [0.29, 0.717) is 5.92 Å². The number of alkyl halides is 1. The van der Waals surface area contributed by atoms with Crippen LogP contribution in [0.2, 0.25) is 0 Å². The zero-order valence-electron chi connectivity index (χ0n) is 17.1. The number of nitrogens with zero attached hydrogens (tertiary/aromatic N) is 3. The Morgan fingerprint density at radius 1 is 1.33 bits per heavy atom. The normalized spacial score (nSPS) is 36.3. The number of carbonyl (C=O) groups is 1. The summed E-state index contributed by atoms with van der Waals surface area (Å²) < 4.78 is 13.7. The van der Waals surface area contributed by atoms with Crippen LogP contribution in [0.5, 0.6) is 0 Å². The number of nitrogens with one attached hydrogen (secondary N) is 1. The van der Waals surface area contributed by atoms with Crippen molar-refractivity contribution < 1.29 is 9.18 Å². The number of halogens is 1. The smallest absolute Gasteiger partial charge is 0.237 e. The van der Waals surface area contributed by atoms with Crippen LogP contribution >= 0.6 is 0 Å². The van der Waals surface area contributed by atoms with Crippen molar-refractivity contribution in [3.05, 3.63) is 0 Å². The van der Waals surface area contributed by atoms with Gasteiger partial charge in [-0.25, -0.2) is 4.39 Å². The molecular formula is C21H35FN4O. The highest BCUT2D eigenvalue weighted by Crippen LogP contribution is 2.52. The average Bonchev–Trinajstić information content (AvgIpc) is 3.34. The van der Waals surface area contributed by atoms with Gasteiger partial charge >= 0.3 is 0 Å². The van der Waals surface area contributed by atoms with Gasteiger partial charge in [0.1, 0.15) is 12.2 Å². The Morgan fingerprint density at radius 3 is 2.67 bits per heavy atom. The van der Waals surface area contributed by atoms with Crippen LogP contribution in [0.25, 0.3) is 0 Å². The van der Waals surface area contributed by atoms with E-state index in [9.17, 15) is 14.4 Å². The van der Waals surface area contributed by atoms with Gasteiger partial charge in [-0.3, -0.25) is 4.79 Å². The molecule has 3 rings (SSSR count). The maximum Gasteiger partial charge on any atom is 0.237 e. The van der Waals surface area contributed by atoms with Gasteiger partial charge in [0.25, 0.3) is 0 Å². The molecule has 1 aliphatic carbocycles. The van der Waals surface area contributed by atoms with Crippen LogP contribution in [-0.4, -0.2) is 66.2 Å². The summed E-state index contributed by atoms with van der Waals surface area (Å²) >= 11 is 0. The minimum Gasteiger partial charge on any atom is -0.323 e. The highest BCUT2D eigenvalue weighted by atomic mass is 19.1. The standard InChI is InChI=1S/C21H35FN4O/c1-4-21(24-13-19(27)26-15-17(22)11-18(26)12-23)8-7-16(20(21,2)3)14-25-9-5-6-10-25/h16-18,24H,4-11,13-15H2,1-3H3. The molecule has 2 aliphatic heterocycles. The second-order valence-corrected chi connectivity index (χ2v) is 9.28. The van der Waals surface area contributed by atoms with Crippen LogP contribution in [0.1, 0.15) is 59.3 Å². The van der Waals surface area contributed by atoms with E-state index in [1.165, 1.54) is 37.3 Å². The van der Waals surface area contributed by atoms with Crippen molar-refractivity contribution in [2.75, 3.05) is 32.7 Å². The van der Waals surface area contributed by atoms with Crippen LogP contribution in [-0.2, 0) is 4.79 Å². The predicted molar refractivity (Wildman–Crippen MR) is 104 cm³/mol. The maximum atomic E-state index is 13.7. The first-order valence-electron chi connectivity index (χ1n) is 10.6. The van der Waals surface area contributed by atoms with Gasteiger partial charge in [-0.15, -0.1) is 0 Å². The van der Waals surface area contributed by atoms with Crippen molar-refractivity contribution in [3.8, 4) is 6.07 Å². The zero-order chi connectivity index (χ0) is 19.7. The summed E-state index contributed by atoms with van der Waals surface area (Å²) in [6, 6.07) is 1.45. The quantitative estimate of drug-likeness (QED) is 0.772. The van der Waals surface area contributed by atoms with Crippen molar-refractivity contribution >= 4 is 5.91 Å². The molecule has 152 valence electrons. The largest absolute Gasteiger partial charge is 0.323 e. The van der Waals surface area contributed by atoms with E-state index in [1.807, 2.05) is 0 Å². The first-order chi connectivity index (χ1) is 12.8. The molecule has 0 spiro atoms. The number of likely N-dealkylation sites (tertiary alicyclic amines) is 2. The summed E-state index contributed by atoms with van der Waals surface area (Å²) in [7, 11) is 0. The minimum atomic E-state index is -1.08. The van der Waals surface area contributed by atoms with Crippen molar-refractivity contribution in [1.29, 1.82) is 5.26 Å². The summed E-state index contributed by atoms with van der Waals surface area (Å²) in [6.07, 6.45) is 4.90. The van der Waals surface area contributed by atoms with Gasteiger partial charge in [0.15, 0.2) is 0 Å². The van der Waals surface area contributed by atoms with E-state index in [2.05, 4.69) is 37.1 Å². The molecule has 0 bridgehead atoms. The van der Waals surface area contributed by atoms with Gasteiger partial charge in [-0.2, -0.15) is 5.26 Å². The third-order valence-corrected chi connectivity index (χ3v) is 7.75. The second-order valence-electron chi connectivity index (χ2n) is 9.28.